The topological polar surface area (TPSA) is 86.1 Å². The summed E-state index contributed by atoms with van der Waals surface area (Å²) in [6, 6.07) is 6.86. The molecule has 0 bridgehead atoms. The minimum atomic E-state index is -3.08. The number of halogens is 1. The van der Waals surface area contributed by atoms with Crippen LogP contribution in [-0.2, 0) is 22.7 Å². The zero-order valence-corrected chi connectivity index (χ0v) is 18.3. The molecular formula is C19H19BrN2O4S2. The fourth-order valence-corrected chi connectivity index (χ4v) is 6.81. The van der Waals surface area contributed by atoms with Gasteiger partial charge in [0.15, 0.2) is 15.6 Å². The van der Waals surface area contributed by atoms with E-state index < -0.39 is 15.5 Å². The van der Waals surface area contributed by atoms with E-state index in [-0.39, 0.29) is 29.1 Å². The number of thioether (sulfide) groups is 1. The molecule has 1 atom stereocenters. The van der Waals surface area contributed by atoms with Gasteiger partial charge in [-0.25, -0.2) is 13.2 Å². The second-order valence-corrected chi connectivity index (χ2v) is 11.2. The largest absolute Gasteiger partial charge is 0.349 e. The SMILES string of the molecule is O=C(CSc1nc(=O)n([C@H]2CCS(=O)(=O)C2)c2c1CCC2)c1ccc(Br)cc1. The molecule has 1 aromatic carbocycles. The summed E-state index contributed by atoms with van der Waals surface area (Å²) in [4.78, 5) is 29.4. The molecule has 2 heterocycles. The molecule has 0 amide bonds. The van der Waals surface area contributed by atoms with E-state index in [0.29, 0.717) is 17.0 Å². The van der Waals surface area contributed by atoms with Crippen LogP contribution in [0.25, 0.3) is 0 Å². The summed E-state index contributed by atoms with van der Waals surface area (Å²) in [5.41, 5.74) is 2.12. The number of aromatic nitrogens is 2. The van der Waals surface area contributed by atoms with E-state index in [9.17, 15) is 18.0 Å². The van der Waals surface area contributed by atoms with Gasteiger partial charge in [-0.3, -0.25) is 9.36 Å². The molecule has 0 spiro atoms. The monoisotopic (exact) mass is 482 g/mol. The van der Waals surface area contributed by atoms with Crippen LogP contribution >= 0.6 is 27.7 Å². The first kappa shape index (κ1) is 19.8. The molecule has 28 heavy (non-hydrogen) atoms. The van der Waals surface area contributed by atoms with Crippen molar-refractivity contribution >= 4 is 43.3 Å². The van der Waals surface area contributed by atoms with Gasteiger partial charge in [0.05, 0.1) is 23.3 Å². The maximum absolute atomic E-state index is 12.7. The van der Waals surface area contributed by atoms with Crippen molar-refractivity contribution in [3.63, 3.8) is 0 Å². The highest BCUT2D eigenvalue weighted by molar-refractivity contribution is 9.10. The molecule has 0 saturated carbocycles. The second kappa shape index (κ2) is 7.76. The lowest BCUT2D eigenvalue weighted by Crippen LogP contribution is -2.31. The third-order valence-corrected chi connectivity index (χ3v) is 8.52. The van der Waals surface area contributed by atoms with E-state index >= 15 is 0 Å². The maximum atomic E-state index is 12.7. The van der Waals surface area contributed by atoms with Crippen LogP contribution in [0.4, 0.5) is 0 Å². The first-order chi connectivity index (χ1) is 13.3. The van der Waals surface area contributed by atoms with Crippen LogP contribution in [0.1, 0.15) is 40.5 Å². The summed E-state index contributed by atoms with van der Waals surface area (Å²) in [5.74, 6) is 0.326. The lowest BCUT2D eigenvalue weighted by molar-refractivity contribution is 0.102. The molecule has 2 aromatic rings. The van der Waals surface area contributed by atoms with E-state index in [1.165, 1.54) is 11.8 Å². The third kappa shape index (κ3) is 3.97. The first-order valence-corrected chi connectivity index (χ1v) is 12.7. The normalized spacial score (nSPS) is 20.2. The summed E-state index contributed by atoms with van der Waals surface area (Å²) >= 11 is 4.65. The predicted molar refractivity (Wildman–Crippen MR) is 112 cm³/mol. The number of benzene rings is 1. The summed E-state index contributed by atoms with van der Waals surface area (Å²) < 4.78 is 26.2. The molecule has 9 heteroatoms. The Balaban J connectivity index is 1.58. The molecule has 2 aliphatic rings. The Labute approximate surface area is 175 Å². The molecule has 6 nitrogen and oxygen atoms in total. The van der Waals surface area contributed by atoms with Gasteiger partial charge in [0.25, 0.3) is 0 Å². The molecule has 0 radical (unpaired) electrons. The summed E-state index contributed by atoms with van der Waals surface area (Å²) in [6.07, 6.45) is 2.92. The highest BCUT2D eigenvalue weighted by Crippen LogP contribution is 2.33. The van der Waals surface area contributed by atoms with Gasteiger partial charge in [-0.15, -0.1) is 0 Å². The number of nitrogens with zero attached hydrogens (tertiary/aromatic N) is 2. The Morgan fingerprint density at radius 1 is 1.25 bits per heavy atom. The Hall–Kier alpha value is -1.45. The van der Waals surface area contributed by atoms with Crippen LogP contribution < -0.4 is 5.69 Å². The average Bonchev–Trinajstić information content (AvgIpc) is 3.26. The average molecular weight is 483 g/mol. The van der Waals surface area contributed by atoms with Gasteiger partial charge in [-0.2, -0.15) is 4.98 Å². The molecule has 148 valence electrons. The van der Waals surface area contributed by atoms with Crippen LogP contribution in [0.3, 0.4) is 0 Å². The molecule has 1 saturated heterocycles. The lowest BCUT2D eigenvalue weighted by atomic mass is 10.2. The fraction of sp³-hybridized carbons (Fsp3) is 0.421. The van der Waals surface area contributed by atoms with Crippen LogP contribution in [-0.4, -0.2) is 41.0 Å². The Morgan fingerprint density at radius 2 is 2.00 bits per heavy atom. The molecule has 1 aliphatic carbocycles. The van der Waals surface area contributed by atoms with Crippen LogP contribution in [0.5, 0.6) is 0 Å². The zero-order chi connectivity index (χ0) is 19.9. The van der Waals surface area contributed by atoms with Crippen molar-refractivity contribution in [2.45, 2.75) is 36.8 Å². The van der Waals surface area contributed by atoms with Crippen molar-refractivity contribution in [1.82, 2.24) is 9.55 Å². The van der Waals surface area contributed by atoms with Gasteiger partial charge in [-0.05, 0) is 37.8 Å². The van der Waals surface area contributed by atoms with Crippen molar-refractivity contribution in [3.05, 3.63) is 56.0 Å². The summed E-state index contributed by atoms with van der Waals surface area (Å²) in [6.45, 7) is 0. The number of fused-ring (bicyclic) bond motifs is 1. The Bertz CT molecular complexity index is 1090. The fourth-order valence-electron chi connectivity index (χ4n) is 3.88. The van der Waals surface area contributed by atoms with Gasteiger partial charge >= 0.3 is 5.69 Å². The van der Waals surface area contributed by atoms with E-state index in [4.69, 9.17) is 0 Å². The predicted octanol–water partition coefficient (Wildman–Crippen LogP) is 2.83. The molecular weight excluding hydrogens is 464 g/mol. The van der Waals surface area contributed by atoms with Crippen molar-refractivity contribution < 1.29 is 13.2 Å². The standard InChI is InChI=1S/C19H19BrN2O4S2/c20-13-6-4-12(5-7-13)17(23)10-27-18-15-2-1-3-16(15)22(19(24)21-18)14-8-9-28(25,26)11-14/h4-7,14H,1-3,8-11H2/t14-/m0/s1. The van der Waals surface area contributed by atoms with Crippen LogP contribution in [0.15, 0.2) is 38.6 Å². The molecule has 1 aliphatic heterocycles. The number of Topliss-reactive ketones (excluding diaryl/α,β-unsaturated/α-hetero) is 1. The highest BCUT2D eigenvalue weighted by atomic mass is 79.9. The van der Waals surface area contributed by atoms with Crippen molar-refractivity contribution in [2.24, 2.45) is 0 Å². The maximum Gasteiger partial charge on any atom is 0.349 e. The number of hydrogen-bond donors (Lipinski definition) is 0. The number of hydrogen-bond acceptors (Lipinski definition) is 6. The van der Waals surface area contributed by atoms with Gasteiger partial charge < -0.3 is 0 Å². The van der Waals surface area contributed by atoms with Crippen molar-refractivity contribution in [3.8, 4) is 0 Å². The summed E-state index contributed by atoms with van der Waals surface area (Å²) in [7, 11) is -3.08. The van der Waals surface area contributed by atoms with Crippen LogP contribution in [0, 0.1) is 0 Å². The van der Waals surface area contributed by atoms with Gasteiger partial charge in [0.1, 0.15) is 5.03 Å². The Morgan fingerprint density at radius 3 is 2.68 bits per heavy atom. The summed E-state index contributed by atoms with van der Waals surface area (Å²) in [5, 5.41) is 0.611. The first-order valence-electron chi connectivity index (χ1n) is 9.10. The minimum absolute atomic E-state index is 0.00949. The molecule has 0 N–H and O–H groups in total. The smallest absolute Gasteiger partial charge is 0.293 e. The number of ketones is 1. The van der Waals surface area contributed by atoms with Crippen molar-refractivity contribution in [2.75, 3.05) is 17.3 Å². The van der Waals surface area contributed by atoms with Crippen molar-refractivity contribution in [1.29, 1.82) is 0 Å². The van der Waals surface area contributed by atoms with E-state index in [1.54, 1.807) is 16.7 Å². The number of carbonyl (C=O) groups excluding carboxylic acids is 1. The quantitative estimate of drug-likeness (QED) is 0.370. The van der Waals surface area contributed by atoms with E-state index in [0.717, 1.165) is 35.0 Å². The molecule has 1 fully saturated rings. The number of sulfone groups is 1. The number of carbonyl (C=O) groups is 1. The third-order valence-electron chi connectivity index (χ3n) is 5.22. The molecule has 1 aromatic heterocycles. The van der Waals surface area contributed by atoms with Gasteiger partial charge in [-0.1, -0.05) is 39.8 Å². The molecule has 4 rings (SSSR count). The number of rotatable bonds is 5. The minimum Gasteiger partial charge on any atom is -0.293 e. The second-order valence-electron chi connectivity index (χ2n) is 7.12. The van der Waals surface area contributed by atoms with E-state index in [1.807, 2.05) is 12.1 Å². The highest BCUT2D eigenvalue weighted by Gasteiger charge is 2.33. The lowest BCUT2D eigenvalue weighted by Gasteiger charge is -2.18. The van der Waals surface area contributed by atoms with Crippen LogP contribution in [0.2, 0.25) is 0 Å². The van der Waals surface area contributed by atoms with E-state index in [2.05, 4.69) is 20.9 Å². The van der Waals surface area contributed by atoms with Gasteiger partial charge in [0.2, 0.25) is 0 Å². The Kier molecular flexibility index (Phi) is 5.50. The molecule has 0 unspecified atom stereocenters. The van der Waals surface area contributed by atoms with Gasteiger partial charge in [0, 0.05) is 21.3 Å². The zero-order valence-electron chi connectivity index (χ0n) is 15.1.